The van der Waals surface area contributed by atoms with Crippen LogP contribution in [0.1, 0.15) is 76.7 Å². The Bertz CT molecular complexity index is 527. The molecular weight excluding hydrogens is 240 g/mol. The summed E-state index contributed by atoms with van der Waals surface area (Å²) in [5.74, 6) is -0.145. The van der Waals surface area contributed by atoms with Crippen molar-refractivity contribution in [3.05, 3.63) is 34.4 Å². The molecule has 0 atom stereocenters. The van der Waals surface area contributed by atoms with Crippen molar-refractivity contribution in [2.75, 3.05) is 0 Å². The van der Waals surface area contributed by atoms with E-state index in [1.165, 1.54) is 0 Å². The lowest BCUT2D eigenvalue weighted by Crippen LogP contribution is -2.13. The van der Waals surface area contributed by atoms with Gasteiger partial charge in [-0.1, -0.05) is 26.8 Å². The van der Waals surface area contributed by atoms with Crippen molar-refractivity contribution in [2.24, 2.45) is 0 Å². The smallest absolute Gasteiger partial charge is 0.163 e. The molecule has 0 spiro atoms. The first kappa shape index (κ1) is 15.3. The monoisotopic (exact) mass is 260 g/mol. The van der Waals surface area contributed by atoms with Crippen LogP contribution in [0.25, 0.3) is 0 Å². The van der Waals surface area contributed by atoms with E-state index in [1.54, 1.807) is 39.8 Å². The fraction of sp³-hybridized carbons (Fsp3) is 0.438. The van der Waals surface area contributed by atoms with Gasteiger partial charge in [0.1, 0.15) is 0 Å². The molecule has 3 heteroatoms. The van der Waals surface area contributed by atoms with Gasteiger partial charge < -0.3 is 0 Å². The van der Waals surface area contributed by atoms with Crippen molar-refractivity contribution in [3.8, 4) is 0 Å². The summed E-state index contributed by atoms with van der Waals surface area (Å²) in [4.78, 5) is 35.8. The lowest BCUT2D eigenvalue weighted by molar-refractivity contribution is 0.0953. The molecule has 0 aliphatic rings. The molecule has 0 aromatic heterocycles. The molecule has 0 heterocycles. The number of hydrogen-bond acceptors (Lipinski definition) is 3. The molecule has 3 nitrogen and oxygen atoms in total. The predicted octanol–water partition coefficient (Wildman–Crippen LogP) is 3.77. The largest absolute Gasteiger partial charge is 0.294 e. The highest BCUT2D eigenvalue weighted by atomic mass is 16.1. The van der Waals surface area contributed by atoms with Gasteiger partial charge in [-0.2, -0.15) is 0 Å². The van der Waals surface area contributed by atoms with Gasteiger partial charge in [-0.15, -0.1) is 0 Å². The fourth-order valence-corrected chi connectivity index (χ4v) is 2.16. The van der Waals surface area contributed by atoms with Crippen LogP contribution in [-0.4, -0.2) is 17.3 Å². The van der Waals surface area contributed by atoms with Crippen molar-refractivity contribution in [1.29, 1.82) is 0 Å². The molecular formula is C16H20O3. The molecule has 0 aliphatic carbocycles. The lowest BCUT2D eigenvalue weighted by Gasteiger charge is -2.13. The molecule has 0 saturated heterocycles. The van der Waals surface area contributed by atoms with Gasteiger partial charge in [0, 0.05) is 36.0 Å². The van der Waals surface area contributed by atoms with E-state index in [1.807, 2.05) is 0 Å². The Morgan fingerprint density at radius 2 is 1.21 bits per heavy atom. The molecule has 0 saturated carbocycles. The van der Waals surface area contributed by atoms with Crippen LogP contribution in [-0.2, 0) is 0 Å². The number of carbonyl (C=O) groups excluding carboxylic acids is 3. The number of benzene rings is 1. The summed E-state index contributed by atoms with van der Waals surface area (Å²) < 4.78 is 0. The minimum atomic E-state index is -0.0833. The second-order valence-corrected chi connectivity index (χ2v) is 4.49. The second-order valence-electron chi connectivity index (χ2n) is 4.49. The average Bonchev–Trinajstić information content (AvgIpc) is 2.44. The van der Waals surface area contributed by atoms with E-state index in [-0.39, 0.29) is 17.3 Å². The van der Waals surface area contributed by atoms with Crippen LogP contribution >= 0.6 is 0 Å². The van der Waals surface area contributed by atoms with Gasteiger partial charge in [0.25, 0.3) is 0 Å². The maximum Gasteiger partial charge on any atom is 0.163 e. The van der Waals surface area contributed by atoms with E-state index in [0.717, 1.165) is 0 Å². The maximum atomic E-state index is 12.1. The van der Waals surface area contributed by atoms with Crippen LogP contribution in [0.2, 0.25) is 0 Å². The van der Waals surface area contributed by atoms with Crippen molar-refractivity contribution in [3.63, 3.8) is 0 Å². The summed E-state index contributed by atoms with van der Waals surface area (Å²) in [6.45, 7) is 7.06. The van der Waals surface area contributed by atoms with Gasteiger partial charge in [-0.25, -0.2) is 0 Å². The zero-order valence-corrected chi connectivity index (χ0v) is 12.0. The minimum absolute atomic E-state index is 0.00171. The Morgan fingerprint density at radius 3 is 1.68 bits per heavy atom. The lowest BCUT2D eigenvalue weighted by atomic mass is 9.89. The normalized spacial score (nSPS) is 10.3. The average molecular weight is 260 g/mol. The predicted molar refractivity (Wildman–Crippen MR) is 75.0 cm³/mol. The number of carbonyl (C=O) groups is 3. The highest BCUT2D eigenvalue weighted by molar-refractivity contribution is 6.12. The molecule has 0 amide bonds. The van der Waals surface area contributed by atoms with E-state index >= 15 is 0 Å². The maximum absolute atomic E-state index is 12.1. The summed E-state index contributed by atoms with van der Waals surface area (Å²) in [5, 5.41) is 0. The SMILES string of the molecule is CCC(=O)c1ccc(C(=O)CC)c(C(=O)CC)c1C. The summed E-state index contributed by atoms with van der Waals surface area (Å²) in [6.07, 6.45) is 1.07. The Labute approximate surface area is 114 Å². The van der Waals surface area contributed by atoms with Crippen LogP contribution < -0.4 is 0 Å². The van der Waals surface area contributed by atoms with Gasteiger partial charge in [-0.05, 0) is 18.6 Å². The van der Waals surface area contributed by atoms with Gasteiger partial charge in [0.05, 0.1) is 0 Å². The molecule has 0 fully saturated rings. The molecule has 0 radical (unpaired) electrons. The third-order valence-corrected chi connectivity index (χ3v) is 3.31. The Kier molecular flexibility index (Phi) is 5.16. The van der Waals surface area contributed by atoms with Crippen molar-refractivity contribution >= 4 is 17.3 Å². The minimum Gasteiger partial charge on any atom is -0.294 e. The second kappa shape index (κ2) is 6.41. The molecule has 0 aliphatic heterocycles. The molecule has 0 bridgehead atoms. The van der Waals surface area contributed by atoms with Gasteiger partial charge in [0.2, 0.25) is 0 Å². The van der Waals surface area contributed by atoms with Crippen molar-refractivity contribution in [1.82, 2.24) is 0 Å². The Morgan fingerprint density at radius 1 is 0.789 bits per heavy atom. The van der Waals surface area contributed by atoms with Crippen LogP contribution in [0, 0.1) is 6.92 Å². The highest BCUT2D eigenvalue weighted by Gasteiger charge is 2.21. The van der Waals surface area contributed by atoms with Gasteiger partial charge >= 0.3 is 0 Å². The summed E-state index contributed by atoms with van der Waals surface area (Å²) in [5.41, 5.74) is 2.05. The molecule has 0 unspecified atom stereocenters. The fourth-order valence-electron chi connectivity index (χ4n) is 2.16. The molecule has 102 valence electrons. The Hall–Kier alpha value is -1.77. The summed E-state index contributed by atoms with van der Waals surface area (Å²) >= 11 is 0. The molecule has 1 aromatic rings. The topological polar surface area (TPSA) is 51.2 Å². The van der Waals surface area contributed by atoms with Crippen LogP contribution in [0.15, 0.2) is 12.1 Å². The summed E-state index contributed by atoms with van der Waals surface area (Å²) in [6, 6.07) is 3.28. The highest BCUT2D eigenvalue weighted by Crippen LogP contribution is 2.23. The third-order valence-electron chi connectivity index (χ3n) is 3.31. The van der Waals surface area contributed by atoms with Crippen LogP contribution in [0.4, 0.5) is 0 Å². The van der Waals surface area contributed by atoms with Gasteiger partial charge in [-0.3, -0.25) is 14.4 Å². The van der Waals surface area contributed by atoms with Crippen molar-refractivity contribution < 1.29 is 14.4 Å². The molecule has 1 aromatic carbocycles. The molecule has 1 rings (SSSR count). The molecule has 0 N–H and O–H groups in total. The van der Waals surface area contributed by atoms with E-state index in [2.05, 4.69) is 0 Å². The Balaban J connectivity index is 3.53. The first-order valence-corrected chi connectivity index (χ1v) is 6.71. The van der Waals surface area contributed by atoms with E-state index in [4.69, 9.17) is 0 Å². The number of rotatable bonds is 6. The van der Waals surface area contributed by atoms with E-state index < -0.39 is 0 Å². The number of hydrogen-bond donors (Lipinski definition) is 0. The summed E-state index contributed by atoms with van der Waals surface area (Å²) in [7, 11) is 0. The standard InChI is InChI=1S/C16H20O3/c1-5-13(17)11-8-9-12(14(18)6-2)16(10(11)4)15(19)7-3/h8-9H,5-7H2,1-4H3. The third kappa shape index (κ3) is 2.98. The number of Topliss-reactive ketones (excluding diaryl/α,β-unsaturated/α-hetero) is 3. The van der Waals surface area contributed by atoms with E-state index in [9.17, 15) is 14.4 Å². The number of ketones is 3. The van der Waals surface area contributed by atoms with Crippen LogP contribution in [0.5, 0.6) is 0 Å². The zero-order chi connectivity index (χ0) is 14.6. The first-order valence-electron chi connectivity index (χ1n) is 6.71. The molecule has 19 heavy (non-hydrogen) atoms. The van der Waals surface area contributed by atoms with E-state index in [0.29, 0.717) is 41.5 Å². The quantitative estimate of drug-likeness (QED) is 0.731. The van der Waals surface area contributed by atoms with Gasteiger partial charge in [0.15, 0.2) is 17.3 Å². The first-order chi connectivity index (χ1) is 8.97. The van der Waals surface area contributed by atoms with Crippen LogP contribution in [0.3, 0.4) is 0 Å². The zero-order valence-electron chi connectivity index (χ0n) is 12.0. The van der Waals surface area contributed by atoms with Crippen molar-refractivity contribution in [2.45, 2.75) is 47.0 Å².